The third-order valence-electron chi connectivity index (χ3n) is 16.3. The Bertz CT molecular complexity index is 4210. The van der Waals surface area contributed by atoms with Gasteiger partial charge in [-0.3, -0.25) is 0 Å². The third kappa shape index (κ3) is 18.1. The molecule has 0 aliphatic carbocycles. The second-order valence-electron chi connectivity index (χ2n) is 24.0. The summed E-state index contributed by atoms with van der Waals surface area (Å²) in [6, 6.07) is 105. The molecule has 0 heterocycles. The Balaban J connectivity index is 0.900. The number of aryl methyl sites for hydroxylation is 4. The second-order valence-corrected chi connectivity index (χ2v) is 24.0. The molecular weight excluding hydrogens is 1190 g/mol. The van der Waals surface area contributed by atoms with E-state index in [2.05, 4.69) is 148 Å². The number of benzene rings is 12. The van der Waals surface area contributed by atoms with Gasteiger partial charge in [-0.2, -0.15) is 0 Å². The maximum absolute atomic E-state index is 6.97. The van der Waals surface area contributed by atoms with Crippen molar-refractivity contribution in [3.05, 3.63) is 382 Å². The van der Waals surface area contributed by atoms with Crippen molar-refractivity contribution in [2.75, 3.05) is 26.4 Å². The smallest absolute Gasteiger partial charge is 0.119 e. The van der Waals surface area contributed by atoms with Crippen molar-refractivity contribution in [3.8, 4) is 23.0 Å². The molecule has 8 heteroatoms. The number of aliphatic imine (C=N–C) groups is 4. The summed E-state index contributed by atoms with van der Waals surface area (Å²) in [6.45, 7) is 8.76. The summed E-state index contributed by atoms with van der Waals surface area (Å²) in [5.41, 5.74) is 18.0. The van der Waals surface area contributed by atoms with Gasteiger partial charge in [-0.05, 0) is 241 Å². The molecule has 97 heavy (non-hydrogen) atoms. The zero-order valence-corrected chi connectivity index (χ0v) is 54.8. The van der Waals surface area contributed by atoms with Crippen molar-refractivity contribution in [1.29, 1.82) is 0 Å². The Labute approximate surface area is 569 Å². The first-order valence-corrected chi connectivity index (χ1v) is 32.4. The number of ether oxygens (including phenoxy) is 4. The van der Waals surface area contributed by atoms with Gasteiger partial charge in [-0.25, -0.2) is 20.0 Å². The summed E-state index contributed by atoms with van der Waals surface area (Å²) in [5, 5.41) is 0. The lowest BCUT2D eigenvalue weighted by Crippen LogP contribution is -2.45. The molecule has 0 atom stereocenters. The summed E-state index contributed by atoms with van der Waals surface area (Å²) in [7, 11) is 0. The van der Waals surface area contributed by atoms with Gasteiger partial charge in [0.15, 0.2) is 0 Å². The average Bonchev–Trinajstić information content (AvgIpc) is 1.16. The van der Waals surface area contributed by atoms with Crippen LogP contribution in [0.1, 0.15) is 66.8 Å². The molecule has 0 aliphatic heterocycles. The lowest BCUT2D eigenvalue weighted by Gasteiger charge is -2.33. The highest BCUT2D eigenvalue weighted by Crippen LogP contribution is 2.33. The van der Waals surface area contributed by atoms with E-state index < -0.39 is 5.41 Å². The molecule has 0 saturated carbocycles. The molecule has 0 spiro atoms. The molecule has 0 bridgehead atoms. The van der Waals surface area contributed by atoms with Gasteiger partial charge >= 0.3 is 0 Å². The molecule has 0 N–H and O–H groups in total. The third-order valence-corrected chi connectivity index (χ3v) is 16.3. The molecule has 0 fully saturated rings. The fourth-order valence-corrected chi connectivity index (χ4v) is 10.6. The molecule has 12 aromatic carbocycles. The van der Waals surface area contributed by atoms with Gasteiger partial charge in [0.1, 0.15) is 54.8 Å². The van der Waals surface area contributed by atoms with Gasteiger partial charge in [0, 0.05) is 0 Å². The van der Waals surface area contributed by atoms with Crippen LogP contribution in [0.3, 0.4) is 0 Å². The van der Waals surface area contributed by atoms with Crippen molar-refractivity contribution in [3.63, 3.8) is 0 Å². The lowest BCUT2D eigenvalue weighted by molar-refractivity contribution is -0.00352. The minimum Gasteiger partial charge on any atom is -0.493 e. The lowest BCUT2D eigenvalue weighted by atomic mass is 9.91. The highest BCUT2D eigenvalue weighted by atomic mass is 16.5. The minimum absolute atomic E-state index is 0.125. The first-order valence-electron chi connectivity index (χ1n) is 32.4. The van der Waals surface area contributed by atoms with Crippen LogP contribution < -0.4 is 18.9 Å². The molecule has 12 rings (SSSR count). The van der Waals surface area contributed by atoms with Crippen molar-refractivity contribution >= 4 is 68.5 Å². The Morgan fingerprint density at radius 3 is 0.588 bits per heavy atom. The monoisotopic (exact) mass is 1260 g/mol. The van der Waals surface area contributed by atoms with Crippen LogP contribution in [0, 0.1) is 33.1 Å². The number of nitrogens with zero attached hydrogens (tertiary/aromatic N) is 4. The van der Waals surface area contributed by atoms with Crippen molar-refractivity contribution in [2.24, 2.45) is 25.4 Å². The predicted octanol–water partition coefficient (Wildman–Crippen LogP) is 21.3. The van der Waals surface area contributed by atoms with E-state index in [4.69, 9.17) is 38.9 Å². The van der Waals surface area contributed by atoms with Crippen LogP contribution in [-0.4, -0.2) is 49.9 Å². The maximum Gasteiger partial charge on any atom is 0.119 e. The quantitative estimate of drug-likeness (QED) is 0.0564. The van der Waals surface area contributed by atoms with Crippen LogP contribution in [-0.2, 0) is 0 Å². The number of rotatable bonds is 24. The van der Waals surface area contributed by atoms with Gasteiger partial charge in [-0.15, -0.1) is 0 Å². The molecule has 0 aromatic heterocycles. The SMILES string of the molecule is Cc1ccc(N=C=C(c2ccccc2)c2ccc(OCC(COc3ccc(C(=C=Nc4ccc(C)cc4)c4ccccc4)cc3)(COc3ccc(C(=C=Nc4ccc(C)cc4)c4ccccc4)cc3)COc3ccc(C(=C=Nc4ccc(C)cc4)c4ccccc4)cc3)cc2)cc1. The number of hydrogen-bond acceptors (Lipinski definition) is 8. The molecule has 0 radical (unpaired) electrons. The Hall–Kier alpha value is -12.4. The van der Waals surface area contributed by atoms with Gasteiger partial charge in [0.05, 0.1) is 45.0 Å². The Kier molecular flexibility index (Phi) is 21.3. The van der Waals surface area contributed by atoms with Gasteiger partial charge in [0.2, 0.25) is 0 Å². The van der Waals surface area contributed by atoms with Crippen molar-refractivity contribution in [1.82, 2.24) is 0 Å². The van der Waals surface area contributed by atoms with Crippen LogP contribution >= 0.6 is 0 Å². The van der Waals surface area contributed by atoms with Gasteiger partial charge < -0.3 is 18.9 Å². The Morgan fingerprint density at radius 1 is 0.227 bits per heavy atom. The first kappa shape index (κ1) is 64.7. The molecule has 0 aliphatic rings. The fraction of sp³-hybridized carbons (Fsp3) is 0.101. The van der Waals surface area contributed by atoms with Crippen LogP contribution in [0.2, 0.25) is 0 Å². The second kappa shape index (κ2) is 32.0. The molecule has 8 nitrogen and oxygen atoms in total. The topological polar surface area (TPSA) is 86.4 Å². The van der Waals surface area contributed by atoms with E-state index >= 15 is 0 Å². The van der Waals surface area contributed by atoms with Crippen LogP contribution in [0.15, 0.2) is 335 Å². The summed E-state index contributed by atoms with van der Waals surface area (Å²) in [4.78, 5) is 19.2. The zero-order valence-electron chi connectivity index (χ0n) is 54.8. The maximum atomic E-state index is 6.97. The van der Waals surface area contributed by atoms with Crippen LogP contribution in [0.4, 0.5) is 22.7 Å². The molecule has 12 aromatic rings. The highest BCUT2D eigenvalue weighted by Gasteiger charge is 2.36. The predicted molar refractivity (Wildman–Crippen MR) is 399 cm³/mol. The molecule has 0 saturated heterocycles. The molecule has 0 amide bonds. The first-order chi connectivity index (χ1) is 47.6. The van der Waals surface area contributed by atoms with E-state index in [0.717, 1.165) is 112 Å². The standard InChI is InChI=1S/C89H72N4O4/c1-65-25-41-77(42-26-65)90-57-85(69-17-9-5-10-18-69)73-33-49-81(50-34-73)94-61-89(62-95-82-51-35-74(36-52-82)86(70-19-11-6-12-20-70)58-91-78-43-27-66(2)28-44-78,63-96-83-53-37-75(38-54-83)87(71-21-13-7-14-22-71)59-92-79-45-29-67(3)30-46-79)64-97-84-55-39-76(40-56-84)88(72-23-15-8-16-24-72)60-93-80-47-31-68(4)32-48-80/h5-56H,61-64H2,1-4H3. The normalized spacial score (nSPS) is 11.2. The summed E-state index contributed by atoms with van der Waals surface area (Å²) in [6.07, 6.45) is 0. The van der Waals surface area contributed by atoms with E-state index in [1.165, 1.54) is 0 Å². The van der Waals surface area contributed by atoms with E-state index in [-0.39, 0.29) is 26.4 Å². The molecule has 0 unspecified atom stereocenters. The van der Waals surface area contributed by atoms with Crippen LogP contribution in [0.5, 0.6) is 23.0 Å². The van der Waals surface area contributed by atoms with Crippen molar-refractivity contribution < 1.29 is 18.9 Å². The van der Waals surface area contributed by atoms with E-state index in [1.54, 1.807) is 0 Å². The van der Waals surface area contributed by atoms with E-state index in [9.17, 15) is 0 Å². The van der Waals surface area contributed by atoms with Gasteiger partial charge in [-0.1, -0.05) is 192 Å². The average molecular weight is 1260 g/mol. The number of hydrogen-bond donors (Lipinski definition) is 0. The van der Waals surface area contributed by atoms with E-state index in [0.29, 0.717) is 23.0 Å². The Morgan fingerprint density at radius 2 is 0.402 bits per heavy atom. The summed E-state index contributed by atoms with van der Waals surface area (Å²) >= 11 is 0. The zero-order chi connectivity index (χ0) is 66.4. The van der Waals surface area contributed by atoms with Gasteiger partial charge in [0.25, 0.3) is 0 Å². The fourth-order valence-electron chi connectivity index (χ4n) is 10.6. The van der Waals surface area contributed by atoms with Crippen molar-refractivity contribution in [2.45, 2.75) is 27.7 Å². The van der Waals surface area contributed by atoms with E-state index in [1.807, 2.05) is 218 Å². The largest absolute Gasteiger partial charge is 0.493 e. The summed E-state index contributed by atoms with van der Waals surface area (Å²) in [5.74, 6) is 16.1. The molecule has 472 valence electrons. The van der Waals surface area contributed by atoms with Crippen LogP contribution in [0.25, 0.3) is 22.3 Å². The minimum atomic E-state index is -0.966. The molecular formula is C89H72N4O4. The highest BCUT2D eigenvalue weighted by molar-refractivity contribution is 6.02. The summed E-state index contributed by atoms with van der Waals surface area (Å²) < 4.78 is 27.9.